The fourth-order valence-electron chi connectivity index (χ4n) is 0.702. The first kappa shape index (κ1) is 9.33. The highest BCUT2D eigenvalue weighted by Gasteiger charge is 2.16. The number of nitrogens with zero attached hydrogens (tertiary/aromatic N) is 2. The summed E-state index contributed by atoms with van der Waals surface area (Å²) in [4.78, 5) is 7.73. The Kier molecular flexibility index (Phi) is 2.38. The van der Waals surface area contributed by atoms with Gasteiger partial charge in [-0.2, -0.15) is 4.98 Å². The number of hydrogen-bond donors (Lipinski definition) is 1. The molecule has 0 saturated carbocycles. The lowest BCUT2D eigenvalue weighted by atomic mass is 10.1. The predicted octanol–water partition coefficient (Wildman–Crippen LogP) is 0.849. The molecular weight excluding hydrogens is 166 g/mol. The molecule has 68 valence electrons. The molecule has 4 nitrogen and oxygen atoms in total. The van der Waals surface area contributed by atoms with E-state index in [0.29, 0.717) is 11.7 Å². The predicted molar refractivity (Wildman–Crippen MR) is 50.0 cm³/mol. The molecule has 0 unspecified atom stereocenters. The molecule has 0 atom stereocenters. The van der Waals surface area contributed by atoms with Gasteiger partial charge in [0.25, 0.3) is 0 Å². The molecule has 0 fully saturated rings. The molecule has 4 heteroatoms. The van der Waals surface area contributed by atoms with Crippen molar-refractivity contribution in [2.45, 2.75) is 19.4 Å². The van der Waals surface area contributed by atoms with Gasteiger partial charge in [-0.25, -0.2) is 0 Å². The molecule has 1 aromatic rings. The summed E-state index contributed by atoms with van der Waals surface area (Å²) in [5.74, 6) is 3.12. The number of anilines is 1. The summed E-state index contributed by atoms with van der Waals surface area (Å²) < 4.78 is 5.34. The van der Waals surface area contributed by atoms with Crippen molar-refractivity contribution in [2.24, 2.45) is 0 Å². The molecule has 0 aliphatic heterocycles. The van der Waals surface area contributed by atoms with Gasteiger partial charge in [-0.3, -0.25) is 4.98 Å². The van der Waals surface area contributed by atoms with Gasteiger partial charge in [-0.1, -0.05) is 5.92 Å². The Morgan fingerprint density at radius 3 is 2.77 bits per heavy atom. The van der Waals surface area contributed by atoms with Gasteiger partial charge in [-0.05, 0) is 13.8 Å². The molecule has 0 radical (unpaired) electrons. The quantitative estimate of drug-likeness (QED) is 0.680. The largest absolute Gasteiger partial charge is 0.457 e. The van der Waals surface area contributed by atoms with Crippen molar-refractivity contribution in [1.29, 1.82) is 0 Å². The zero-order valence-electron chi connectivity index (χ0n) is 7.61. The fourth-order valence-corrected chi connectivity index (χ4v) is 0.702. The smallest absolute Gasteiger partial charge is 0.235 e. The molecule has 1 aromatic heterocycles. The van der Waals surface area contributed by atoms with E-state index in [1.807, 2.05) is 0 Å². The van der Waals surface area contributed by atoms with Gasteiger partial charge in [0.15, 0.2) is 5.60 Å². The van der Waals surface area contributed by atoms with Crippen molar-refractivity contribution in [3.8, 4) is 18.2 Å². The average Bonchev–Trinajstić information content (AvgIpc) is 2.03. The van der Waals surface area contributed by atoms with E-state index < -0.39 is 5.60 Å². The molecule has 0 bridgehead atoms. The van der Waals surface area contributed by atoms with Crippen molar-refractivity contribution < 1.29 is 4.74 Å². The fraction of sp³-hybridized carbons (Fsp3) is 0.333. The minimum Gasteiger partial charge on any atom is -0.457 e. The lowest BCUT2D eigenvalue weighted by molar-refractivity contribution is 0.164. The minimum absolute atomic E-state index is 0.310. The summed E-state index contributed by atoms with van der Waals surface area (Å²) in [5.41, 5.74) is 4.72. The maximum absolute atomic E-state index is 5.41. The monoisotopic (exact) mass is 177 g/mol. The molecule has 0 amide bonds. The SMILES string of the molecule is C#CC(C)(C)Oc1cncc(N)n1. The molecule has 0 saturated heterocycles. The number of nitrogens with two attached hydrogens (primary N) is 1. The van der Waals surface area contributed by atoms with Gasteiger partial charge in [0.05, 0.1) is 12.4 Å². The number of hydrogen-bond acceptors (Lipinski definition) is 4. The molecule has 1 rings (SSSR count). The van der Waals surface area contributed by atoms with E-state index >= 15 is 0 Å². The first-order chi connectivity index (χ1) is 6.03. The van der Waals surface area contributed by atoms with Crippen molar-refractivity contribution in [1.82, 2.24) is 9.97 Å². The van der Waals surface area contributed by atoms with Gasteiger partial charge in [0.2, 0.25) is 5.88 Å². The molecule has 1 heterocycles. The third-order valence-electron chi connectivity index (χ3n) is 1.34. The Hall–Kier alpha value is -1.76. The van der Waals surface area contributed by atoms with Crippen molar-refractivity contribution in [3.63, 3.8) is 0 Å². The first-order valence-electron chi connectivity index (χ1n) is 3.78. The summed E-state index contributed by atoms with van der Waals surface area (Å²) in [6.45, 7) is 3.52. The summed E-state index contributed by atoms with van der Waals surface area (Å²) in [6.07, 6.45) is 8.15. The molecule has 0 spiro atoms. The Morgan fingerprint density at radius 1 is 1.54 bits per heavy atom. The Morgan fingerprint density at radius 2 is 2.23 bits per heavy atom. The van der Waals surface area contributed by atoms with Crippen LogP contribution >= 0.6 is 0 Å². The van der Waals surface area contributed by atoms with E-state index in [2.05, 4.69) is 15.9 Å². The van der Waals surface area contributed by atoms with E-state index in [1.165, 1.54) is 12.4 Å². The number of terminal acetylenes is 1. The van der Waals surface area contributed by atoms with Crippen LogP contribution in [0.3, 0.4) is 0 Å². The second-order valence-corrected chi connectivity index (χ2v) is 3.04. The van der Waals surface area contributed by atoms with Crippen molar-refractivity contribution in [3.05, 3.63) is 12.4 Å². The van der Waals surface area contributed by atoms with Crippen LogP contribution in [0.5, 0.6) is 5.88 Å². The lowest BCUT2D eigenvalue weighted by Gasteiger charge is -2.18. The zero-order valence-corrected chi connectivity index (χ0v) is 7.61. The second kappa shape index (κ2) is 3.31. The van der Waals surface area contributed by atoms with Crippen molar-refractivity contribution in [2.75, 3.05) is 5.73 Å². The molecular formula is C9H11N3O. The number of rotatable bonds is 2. The van der Waals surface area contributed by atoms with Gasteiger partial charge in [0, 0.05) is 0 Å². The van der Waals surface area contributed by atoms with E-state index in [9.17, 15) is 0 Å². The van der Waals surface area contributed by atoms with Crippen LogP contribution in [0.15, 0.2) is 12.4 Å². The summed E-state index contributed by atoms with van der Waals surface area (Å²) >= 11 is 0. The number of ether oxygens (including phenoxy) is 1. The third kappa shape index (κ3) is 2.64. The zero-order chi connectivity index (χ0) is 9.90. The maximum atomic E-state index is 5.41. The van der Waals surface area contributed by atoms with E-state index in [1.54, 1.807) is 13.8 Å². The highest BCUT2D eigenvalue weighted by molar-refractivity contribution is 5.26. The van der Waals surface area contributed by atoms with Crippen molar-refractivity contribution >= 4 is 5.82 Å². The van der Waals surface area contributed by atoms with Crippen LogP contribution in [0.2, 0.25) is 0 Å². The van der Waals surface area contributed by atoms with Gasteiger partial charge >= 0.3 is 0 Å². The Balaban J connectivity index is 2.82. The molecule has 2 N–H and O–H groups in total. The lowest BCUT2D eigenvalue weighted by Crippen LogP contribution is -2.26. The highest BCUT2D eigenvalue weighted by atomic mass is 16.5. The summed E-state index contributed by atoms with van der Waals surface area (Å²) in [6, 6.07) is 0. The van der Waals surface area contributed by atoms with Crippen LogP contribution in [0, 0.1) is 12.3 Å². The van der Waals surface area contributed by atoms with E-state index in [0.717, 1.165) is 0 Å². The molecule has 0 aliphatic carbocycles. The number of nitrogen functional groups attached to an aromatic ring is 1. The van der Waals surface area contributed by atoms with Crippen LogP contribution < -0.4 is 10.5 Å². The molecule has 13 heavy (non-hydrogen) atoms. The van der Waals surface area contributed by atoms with Gasteiger partial charge in [-0.15, -0.1) is 6.42 Å². The second-order valence-electron chi connectivity index (χ2n) is 3.04. The summed E-state index contributed by atoms with van der Waals surface area (Å²) in [5, 5.41) is 0. The highest BCUT2D eigenvalue weighted by Crippen LogP contribution is 2.14. The number of aromatic nitrogens is 2. The normalized spacial score (nSPS) is 10.5. The van der Waals surface area contributed by atoms with Crippen LogP contribution in [-0.4, -0.2) is 15.6 Å². The van der Waals surface area contributed by atoms with E-state index in [-0.39, 0.29) is 0 Å². The van der Waals surface area contributed by atoms with Crippen LogP contribution in [0.1, 0.15) is 13.8 Å². The van der Waals surface area contributed by atoms with Crippen LogP contribution in [-0.2, 0) is 0 Å². The maximum Gasteiger partial charge on any atom is 0.235 e. The van der Waals surface area contributed by atoms with Gasteiger partial charge < -0.3 is 10.5 Å². The Labute approximate surface area is 77.1 Å². The summed E-state index contributed by atoms with van der Waals surface area (Å²) in [7, 11) is 0. The minimum atomic E-state index is -0.692. The molecule has 0 aromatic carbocycles. The van der Waals surface area contributed by atoms with E-state index in [4.69, 9.17) is 16.9 Å². The standard InChI is InChI=1S/C9H11N3O/c1-4-9(2,3)13-8-6-11-5-7(10)12-8/h1,5-6H,2-3H3,(H2,10,12). The van der Waals surface area contributed by atoms with Crippen LogP contribution in [0.25, 0.3) is 0 Å². The molecule has 0 aliphatic rings. The first-order valence-corrected chi connectivity index (χ1v) is 3.78. The van der Waals surface area contributed by atoms with Crippen LogP contribution in [0.4, 0.5) is 5.82 Å². The third-order valence-corrected chi connectivity index (χ3v) is 1.34. The Bertz CT molecular complexity index is 341. The topological polar surface area (TPSA) is 61.0 Å². The van der Waals surface area contributed by atoms with Gasteiger partial charge in [0.1, 0.15) is 5.82 Å². The average molecular weight is 177 g/mol.